The van der Waals surface area contributed by atoms with Gasteiger partial charge < -0.3 is 25.8 Å². The summed E-state index contributed by atoms with van der Waals surface area (Å²) in [6.45, 7) is 6.19. The van der Waals surface area contributed by atoms with Gasteiger partial charge in [-0.05, 0) is 38.5 Å². The Balaban J connectivity index is 2.67. The molecule has 1 atom stereocenters. The monoisotopic (exact) mass is 411 g/mol. The van der Waals surface area contributed by atoms with Crippen LogP contribution in [0.3, 0.4) is 0 Å². The highest BCUT2D eigenvalue weighted by Crippen LogP contribution is 2.17. The Bertz CT molecular complexity index is 776. The molecule has 160 valence electrons. The first-order valence-corrected chi connectivity index (χ1v) is 8.98. The Morgan fingerprint density at radius 3 is 2.34 bits per heavy atom. The fraction of sp³-hybridized carbons (Fsp3) is 0.474. The predicted molar refractivity (Wildman–Crippen MR) is 103 cm³/mol. The predicted octanol–water partition coefficient (Wildman–Crippen LogP) is 1.81. The van der Waals surface area contributed by atoms with Crippen molar-refractivity contribution >= 4 is 29.6 Å². The molecule has 0 aliphatic carbocycles. The summed E-state index contributed by atoms with van der Waals surface area (Å²) in [5.41, 5.74) is -0.516. The van der Waals surface area contributed by atoms with Crippen molar-refractivity contribution in [3.63, 3.8) is 0 Å². The highest BCUT2D eigenvalue weighted by molar-refractivity contribution is 5.94. The van der Waals surface area contributed by atoms with Gasteiger partial charge in [0.25, 0.3) is 0 Å². The number of ether oxygens (including phenoxy) is 1. The zero-order valence-corrected chi connectivity index (χ0v) is 16.8. The third-order valence-corrected chi connectivity index (χ3v) is 3.49. The number of benzene rings is 1. The molecule has 0 saturated carbocycles. The van der Waals surface area contributed by atoms with Gasteiger partial charge in [0.15, 0.2) is 0 Å². The lowest BCUT2D eigenvalue weighted by Crippen LogP contribution is -2.42. The van der Waals surface area contributed by atoms with Crippen molar-refractivity contribution < 1.29 is 33.4 Å². The maximum Gasteiger partial charge on any atom is 0.408 e. The highest BCUT2D eigenvalue weighted by atomic mass is 19.1. The third-order valence-electron chi connectivity index (χ3n) is 3.49. The van der Waals surface area contributed by atoms with E-state index in [2.05, 4.69) is 16.0 Å². The van der Waals surface area contributed by atoms with Crippen molar-refractivity contribution in [3.8, 4) is 0 Å². The third kappa shape index (κ3) is 9.04. The van der Waals surface area contributed by atoms with Crippen LogP contribution in [0.1, 0.15) is 39.7 Å². The van der Waals surface area contributed by atoms with Gasteiger partial charge in [0.05, 0.1) is 5.69 Å². The SMILES string of the molecule is CCC(=O)NC(Cc1ccc(NC(=O)CNC(=O)OC(C)(C)C)c(F)c1)C(=O)O. The minimum atomic E-state index is -1.24. The molecular weight excluding hydrogens is 385 g/mol. The first kappa shape index (κ1) is 23.9. The second kappa shape index (κ2) is 10.4. The summed E-state index contributed by atoms with van der Waals surface area (Å²) < 4.78 is 19.2. The van der Waals surface area contributed by atoms with Crippen LogP contribution in [-0.2, 0) is 25.5 Å². The molecule has 1 aromatic rings. The van der Waals surface area contributed by atoms with E-state index in [9.17, 15) is 28.7 Å². The van der Waals surface area contributed by atoms with E-state index in [-0.39, 0.29) is 18.5 Å². The summed E-state index contributed by atoms with van der Waals surface area (Å²) in [7, 11) is 0. The second-order valence-electron chi connectivity index (χ2n) is 7.23. The fourth-order valence-electron chi connectivity index (χ4n) is 2.18. The van der Waals surface area contributed by atoms with Gasteiger partial charge in [0.1, 0.15) is 24.0 Å². The number of alkyl carbamates (subject to hydrolysis) is 1. The van der Waals surface area contributed by atoms with Crippen LogP contribution < -0.4 is 16.0 Å². The summed E-state index contributed by atoms with van der Waals surface area (Å²) in [5.74, 6) is -3.11. The molecule has 1 unspecified atom stereocenters. The minimum Gasteiger partial charge on any atom is -0.480 e. The maximum atomic E-state index is 14.3. The molecule has 0 bridgehead atoms. The minimum absolute atomic E-state index is 0.119. The number of aliphatic carboxylic acids is 1. The number of carbonyl (C=O) groups excluding carboxylic acids is 3. The van der Waals surface area contributed by atoms with Crippen molar-refractivity contribution in [2.24, 2.45) is 0 Å². The van der Waals surface area contributed by atoms with E-state index in [1.54, 1.807) is 27.7 Å². The number of amides is 3. The van der Waals surface area contributed by atoms with Gasteiger partial charge in [-0.1, -0.05) is 13.0 Å². The van der Waals surface area contributed by atoms with E-state index in [1.807, 2.05) is 0 Å². The van der Waals surface area contributed by atoms with E-state index in [0.29, 0.717) is 5.56 Å². The summed E-state index contributed by atoms with van der Waals surface area (Å²) in [4.78, 5) is 46.1. The molecule has 10 heteroatoms. The zero-order valence-electron chi connectivity index (χ0n) is 16.8. The number of hydrogen-bond donors (Lipinski definition) is 4. The smallest absolute Gasteiger partial charge is 0.408 e. The van der Waals surface area contributed by atoms with E-state index in [0.717, 1.165) is 6.07 Å². The van der Waals surface area contributed by atoms with E-state index < -0.39 is 47.9 Å². The number of carboxylic acid groups (broad SMARTS) is 1. The van der Waals surface area contributed by atoms with Crippen LogP contribution in [-0.4, -0.2) is 47.2 Å². The molecule has 4 N–H and O–H groups in total. The Labute approximate surface area is 168 Å². The molecule has 3 amide bonds. The lowest BCUT2D eigenvalue weighted by atomic mass is 10.0. The average molecular weight is 411 g/mol. The molecule has 0 saturated heterocycles. The van der Waals surface area contributed by atoms with Gasteiger partial charge in [-0.15, -0.1) is 0 Å². The van der Waals surface area contributed by atoms with Crippen LogP contribution in [0.15, 0.2) is 18.2 Å². The molecule has 0 spiro atoms. The molecule has 0 aromatic heterocycles. The topological polar surface area (TPSA) is 134 Å². The summed E-state index contributed by atoms with van der Waals surface area (Å²) in [6, 6.07) is 2.59. The van der Waals surface area contributed by atoms with Crippen LogP contribution >= 0.6 is 0 Å². The number of hydrogen-bond acceptors (Lipinski definition) is 5. The molecule has 29 heavy (non-hydrogen) atoms. The van der Waals surface area contributed by atoms with Gasteiger partial charge in [0, 0.05) is 12.8 Å². The maximum absolute atomic E-state index is 14.3. The Kier molecular flexibility index (Phi) is 8.56. The van der Waals surface area contributed by atoms with Crippen LogP contribution in [0.25, 0.3) is 0 Å². The molecule has 0 heterocycles. The Morgan fingerprint density at radius 2 is 1.83 bits per heavy atom. The van der Waals surface area contributed by atoms with Crippen LogP contribution in [0.4, 0.5) is 14.9 Å². The lowest BCUT2D eigenvalue weighted by Gasteiger charge is -2.19. The van der Waals surface area contributed by atoms with Crippen LogP contribution in [0, 0.1) is 5.82 Å². The lowest BCUT2D eigenvalue weighted by molar-refractivity contribution is -0.141. The van der Waals surface area contributed by atoms with Crippen molar-refractivity contribution in [3.05, 3.63) is 29.6 Å². The number of rotatable bonds is 8. The van der Waals surface area contributed by atoms with Gasteiger partial charge in [-0.3, -0.25) is 9.59 Å². The average Bonchev–Trinajstić information content (AvgIpc) is 2.60. The highest BCUT2D eigenvalue weighted by Gasteiger charge is 2.21. The first-order chi connectivity index (χ1) is 13.4. The van der Waals surface area contributed by atoms with Crippen molar-refractivity contribution in [2.75, 3.05) is 11.9 Å². The second-order valence-corrected chi connectivity index (χ2v) is 7.23. The van der Waals surface area contributed by atoms with Gasteiger partial charge >= 0.3 is 12.1 Å². The van der Waals surface area contributed by atoms with Crippen LogP contribution in [0.2, 0.25) is 0 Å². The number of carboxylic acids is 1. The molecule has 0 fully saturated rings. The van der Waals surface area contributed by atoms with Gasteiger partial charge in [0.2, 0.25) is 11.8 Å². The van der Waals surface area contributed by atoms with Crippen molar-refractivity contribution in [2.45, 2.75) is 52.2 Å². The molecule has 1 aromatic carbocycles. The van der Waals surface area contributed by atoms with E-state index in [4.69, 9.17) is 4.74 Å². The molecule has 0 aliphatic rings. The summed E-state index contributed by atoms with van der Waals surface area (Å²) in [6.07, 6.45) is -0.773. The quantitative estimate of drug-likeness (QED) is 0.515. The summed E-state index contributed by atoms with van der Waals surface area (Å²) in [5, 5.41) is 16.1. The zero-order chi connectivity index (χ0) is 22.2. The van der Waals surface area contributed by atoms with Crippen LogP contribution in [0.5, 0.6) is 0 Å². The number of halogens is 1. The summed E-state index contributed by atoms with van der Waals surface area (Å²) >= 11 is 0. The standard InChI is InChI=1S/C19H26FN3O6/c1-5-15(24)23-14(17(26)27)9-11-6-7-13(12(20)8-11)22-16(25)10-21-18(28)29-19(2,3)4/h6-8,14H,5,9-10H2,1-4H3,(H,21,28)(H,22,25)(H,23,24)(H,26,27). The van der Waals surface area contributed by atoms with E-state index >= 15 is 0 Å². The number of anilines is 1. The largest absolute Gasteiger partial charge is 0.480 e. The van der Waals surface area contributed by atoms with Crippen molar-refractivity contribution in [1.29, 1.82) is 0 Å². The molecule has 0 aliphatic heterocycles. The normalized spacial score (nSPS) is 11.9. The van der Waals surface area contributed by atoms with Crippen molar-refractivity contribution in [1.82, 2.24) is 10.6 Å². The Morgan fingerprint density at radius 1 is 1.17 bits per heavy atom. The number of nitrogens with one attached hydrogen (secondary N) is 3. The van der Waals surface area contributed by atoms with E-state index in [1.165, 1.54) is 12.1 Å². The van der Waals surface area contributed by atoms with Gasteiger partial charge in [-0.2, -0.15) is 0 Å². The Hall–Kier alpha value is -3.17. The molecule has 0 radical (unpaired) electrons. The molecule has 9 nitrogen and oxygen atoms in total. The number of carbonyl (C=O) groups is 4. The molecule has 1 rings (SSSR count). The van der Waals surface area contributed by atoms with Gasteiger partial charge in [-0.25, -0.2) is 14.0 Å². The fourth-order valence-corrected chi connectivity index (χ4v) is 2.18. The first-order valence-electron chi connectivity index (χ1n) is 8.98. The molecular formula is C19H26FN3O6.